The highest BCUT2D eigenvalue weighted by atomic mass is 35.5. The van der Waals surface area contributed by atoms with Gasteiger partial charge in [-0.2, -0.15) is 13.2 Å². The minimum atomic E-state index is -4.47. The van der Waals surface area contributed by atoms with Crippen molar-refractivity contribution in [3.63, 3.8) is 0 Å². The van der Waals surface area contributed by atoms with E-state index in [1.807, 2.05) is 0 Å². The molecule has 2 aromatic rings. The molecule has 2 bridgehead atoms. The van der Waals surface area contributed by atoms with E-state index in [1.165, 1.54) is 49.9 Å². The third-order valence-electron chi connectivity index (χ3n) is 12.0. The lowest BCUT2D eigenvalue weighted by Crippen LogP contribution is -2.56. The maximum absolute atomic E-state index is 14.2. The molecule has 3 saturated heterocycles. The fourth-order valence-corrected chi connectivity index (χ4v) is 10.0. The van der Waals surface area contributed by atoms with Crippen molar-refractivity contribution in [1.29, 1.82) is 0 Å². The number of aryl methyl sites for hydroxylation is 1. The number of nitrogens with zero attached hydrogens (tertiary/aromatic N) is 4. The Morgan fingerprint density at radius 3 is 1.98 bits per heavy atom. The normalized spacial score (nSPS) is 25.4. The van der Waals surface area contributed by atoms with Gasteiger partial charge in [0, 0.05) is 84.0 Å². The number of hydrogen-bond donors (Lipinski definition) is 3. The zero-order valence-corrected chi connectivity index (χ0v) is 32.1. The van der Waals surface area contributed by atoms with Crippen LogP contribution in [0.4, 0.5) is 18.9 Å². The molecule has 0 aromatic heterocycles. The maximum Gasteiger partial charge on any atom is 0.405 e. The van der Waals surface area contributed by atoms with E-state index in [0.717, 1.165) is 12.8 Å². The predicted octanol–water partition coefficient (Wildman–Crippen LogP) is 6.64. The quantitative estimate of drug-likeness (QED) is 0.231. The summed E-state index contributed by atoms with van der Waals surface area (Å²) in [7, 11) is 3.73. The van der Waals surface area contributed by atoms with Crippen LogP contribution < -0.4 is 5.32 Å². The lowest BCUT2D eigenvalue weighted by atomic mass is 9.66. The van der Waals surface area contributed by atoms with Crippen LogP contribution in [0.2, 0.25) is 10.0 Å². The molecular formula is C39H46Cl2F3N5O5. The SMILES string of the molecule is CN1C(CCc2ccccc2NCC(F)(F)F)=C(C(=O)O)C(C)(c2c(Cl)cccc2Cl)C(C(=O)O)=C1CC(=O)N1CCN(C2CC3CCC(C2)N3C)CC1. The molecule has 6 rings (SSSR count). The molecule has 3 unspecified atom stereocenters. The second kappa shape index (κ2) is 15.8. The van der Waals surface area contributed by atoms with E-state index >= 15 is 0 Å². The molecular weight excluding hydrogens is 746 g/mol. The van der Waals surface area contributed by atoms with Gasteiger partial charge in [-0.15, -0.1) is 0 Å². The number of carboxylic acids is 2. The number of carbonyl (C=O) groups excluding carboxylic acids is 1. The van der Waals surface area contributed by atoms with Gasteiger partial charge in [0.15, 0.2) is 0 Å². The number of allylic oxidation sites excluding steroid dienone is 1. The number of piperidine rings is 1. The molecule has 1 amide bonds. The molecule has 0 saturated carbocycles. The van der Waals surface area contributed by atoms with Crippen LogP contribution >= 0.6 is 23.2 Å². The number of alkyl halides is 3. The Morgan fingerprint density at radius 2 is 1.41 bits per heavy atom. The number of hydrogen-bond acceptors (Lipinski definition) is 7. The summed E-state index contributed by atoms with van der Waals surface area (Å²) in [5.74, 6) is -3.17. The Bertz CT molecular complexity index is 1830. The zero-order chi connectivity index (χ0) is 39.1. The van der Waals surface area contributed by atoms with Crippen LogP contribution in [0.1, 0.15) is 56.6 Å². The summed E-state index contributed by atoms with van der Waals surface area (Å²) >= 11 is 13.4. The summed E-state index contributed by atoms with van der Waals surface area (Å²) in [6.07, 6.45) is -0.106. The number of carbonyl (C=O) groups is 3. The molecule has 3 fully saturated rings. The summed E-state index contributed by atoms with van der Waals surface area (Å²) in [6.45, 7) is 2.51. The lowest BCUT2D eigenvalue weighted by molar-refractivity contribution is -0.134. The number of para-hydroxylation sites is 1. The van der Waals surface area contributed by atoms with E-state index in [9.17, 15) is 37.8 Å². The van der Waals surface area contributed by atoms with E-state index in [0.29, 0.717) is 49.9 Å². The Balaban J connectivity index is 1.34. The van der Waals surface area contributed by atoms with Gasteiger partial charge in [0.1, 0.15) is 6.54 Å². The van der Waals surface area contributed by atoms with Crippen molar-refractivity contribution in [1.82, 2.24) is 19.6 Å². The average Bonchev–Trinajstić information content (AvgIpc) is 3.29. The standard InChI is InChI=1S/C39H46Cl2F3N5O5/c1-38(33-27(40)8-6-9-28(33)41)34(36(51)52)30(14-11-23-7-4-5-10-29(23)45-22-39(42,43)44)47(3)31(35(38)37(53)54)21-32(50)49-17-15-48(16-18-49)26-19-24-12-13-25(20-26)46(24)2/h4-10,24-26,45H,11-22H2,1-3H3,(H,51,52)(H,53,54). The highest BCUT2D eigenvalue weighted by Crippen LogP contribution is 2.52. The van der Waals surface area contributed by atoms with Crippen molar-refractivity contribution in [2.24, 2.45) is 0 Å². The van der Waals surface area contributed by atoms with Crippen LogP contribution in [-0.4, -0.2) is 119 Å². The van der Waals surface area contributed by atoms with Crippen molar-refractivity contribution in [2.45, 2.75) is 81.6 Å². The first kappa shape index (κ1) is 39.9. The van der Waals surface area contributed by atoms with Crippen LogP contribution in [0.15, 0.2) is 65.0 Å². The number of halogens is 5. The van der Waals surface area contributed by atoms with Gasteiger partial charge in [-0.25, -0.2) is 9.59 Å². The smallest absolute Gasteiger partial charge is 0.405 e. The van der Waals surface area contributed by atoms with E-state index in [4.69, 9.17) is 23.2 Å². The second-order valence-corrected chi connectivity index (χ2v) is 15.7. The molecule has 54 heavy (non-hydrogen) atoms. The molecule has 4 aliphatic rings. The van der Waals surface area contributed by atoms with Gasteiger partial charge in [0.2, 0.25) is 5.91 Å². The summed E-state index contributed by atoms with van der Waals surface area (Å²) in [5.41, 5.74) is -1.54. The second-order valence-electron chi connectivity index (χ2n) is 14.9. The number of fused-ring (bicyclic) bond motifs is 2. The molecule has 3 atom stereocenters. The van der Waals surface area contributed by atoms with Crippen molar-refractivity contribution < 1.29 is 37.8 Å². The Kier molecular flexibility index (Phi) is 11.6. The van der Waals surface area contributed by atoms with Gasteiger partial charge in [-0.05, 0) is 76.3 Å². The van der Waals surface area contributed by atoms with Crippen LogP contribution in [0.5, 0.6) is 0 Å². The highest BCUT2D eigenvalue weighted by Gasteiger charge is 2.52. The van der Waals surface area contributed by atoms with Gasteiger partial charge in [0.25, 0.3) is 0 Å². The Hall–Kier alpha value is -3.78. The topological polar surface area (TPSA) is 117 Å². The summed E-state index contributed by atoms with van der Waals surface area (Å²) < 4.78 is 39.4. The van der Waals surface area contributed by atoms with Gasteiger partial charge < -0.3 is 30.2 Å². The van der Waals surface area contributed by atoms with Gasteiger partial charge in [-0.1, -0.05) is 47.5 Å². The number of nitrogens with one attached hydrogen (secondary N) is 1. The average molecular weight is 793 g/mol. The molecule has 0 aliphatic carbocycles. The van der Waals surface area contributed by atoms with E-state index in [1.54, 1.807) is 29.2 Å². The minimum Gasteiger partial charge on any atom is -0.478 e. The first-order valence-corrected chi connectivity index (χ1v) is 19.0. The van der Waals surface area contributed by atoms with E-state index in [-0.39, 0.29) is 69.0 Å². The summed E-state index contributed by atoms with van der Waals surface area (Å²) in [6, 6.07) is 12.6. The Labute approximate surface area is 323 Å². The Morgan fingerprint density at radius 1 is 0.833 bits per heavy atom. The summed E-state index contributed by atoms with van der Waals surface area (Å²) in [5, 5.41) is 24.3. The van der Waals surface area contributed by atoms with Crippen molar-refractivity contribution in [3.05, 3.63) is 86.2 Å². The number of amides is 1. The largest absolute Gasteiger partial charge is 0.478 e. The number of rotatable bonds is 11. The molecule has 2 aromatic carbocycles. The monoisotopic (exact) mass is 791 g/mol. The van der Waals surface area contributed by atoms with Gasteiger partial charge >= 0.3 is 18.1 Å². The molecule has 3 N–H and O–H groups in total. The minimum absolute atomic E-state index is 0.0255. The fraction of sp³-hybridized carbons (Fsp3) is 0.513. The van der Waals surface area contributed by atoms with Crippen LogP contribution in [-0.2, 0) is 26.2 Å². The van der Waals surface area contributed by atoms with Crippen LogP contribution in [0.3, 0.4) is 0 Å². The fourth-order valence-electron chi connectivity index (χ4n) is 9.23. The number of benzene rings is 2. The van der Waals surface area contributed by atoms with Crippen molar-refractivity contribution in [3.8, 4) is 0 Å². The molecule has 0 radical (unpaired) electrons. The van der Waals surface area contributed by atoms with E-state index < -0.39 is 30.1 Å². The molecule has 4 heterocycles. The molecule has 10 nitrogen and oxygen atoms in total. The third kappa shape index (κ3) is 7.82. The molecule has 0 spiro atoms. The van der Waals surface area contributed by atoms with Crippen LogP contribution in [0, 0.1) is 0 Å². The lowest BCUT2D eigenvalue weighted by Gasteiger charge is -2.46. The number of piperazine rings is 1. The van der Waals surface area contributed by atoms with Gasteiger partial charge in [-0.3, -0.25) is 9.69 Å². The first-order valence-electron chi connectivity index (χ1n) is 18.3. The summed E-state index contributed by atoms with van der Waals surface area (Å²) in [4.78, 5) is 49.1. The van der Waals surface area contributed by atoms with Crippen molar-refractivity contribution >= 4 is 46.7 Å². The highest BCUT2D eigenvalue weighted by molar-refractivity contribution is 6.36. The van der Waals surface area contributed by atoms with E-state index in [2.05, 4.69) is 22.2 Å². The molecule has 4 aliphatic heterocycles. The number of anilines is 1. The number of carboxylic acid groups (broad SMARTS) is 2. The zero-order valence-electron chi connectivity index (χ0n) is 30.6. The molecule has 292 valence electrons. The number of aliphatic carboxylic acids is 2. The molecule has 15 heteroatoms. The maximum atomic E-state index is 14.2. The van der Waals surface area contributed by atoms with Gasteiger partial charge in [0.05, 0.1) is 23.0 Å². The predicted molar refractivity (Wildman–Crippen MR) is 201 cm³/mol. The third-order valence-corrected chi connectivity index (χ3v) is 12.6. The van der Waals surface area contributed by atoms with Crippen LogP contribution in [0.25, 0.3) is 0 Å². The first-order chi connectivity index (χ1) is 25.5. The van der Waals surface area contributed by atoms with Crippen molar-refractivity contribution in [2.75, 3.05) is 52.1 Å².